The number of thiazole rings is 1. The summed E-state index contributed by atoms with van der Waals surface area (Å²) in [6, 6.07) is 1.77. The number of amides is 1. The van der Waals surface area contributed by atoms with Crippen molar-refractivity contribution in [3.63, 3.8) is 0 Å². The van der Waals surface area contributed by atoms with E-state index in [0.29, 0.717) is 23.2 Å². The third-order valence-electron chi connectivity index (χ3n) is 4.38. The summed E-state index contributed by atoms with van der Waals surface area (Å²) in [5.41, 5.74) is 1.84. The predicted octanol–water partition coefficient (Wildman–Crippen LogP) is 3.97. The third kappa shape index (κ3) is 1.73. The van der Waals surface area contributed by atoms with E-state index in [1.165, 1.54) is 29.8 Å². The first-order valence-electron chi connectivity index (χ1n) is 7.01. The minimum atomic E-state index is -0.126. The predicted molar refractivity (Wildman–Crippen MR) is 77.6 cm³/mol. The molecule has 0 spiro atoms. The molecular weight excluding hydrogens is 272 g/mol. The summed E-state index contributed by atoms with van der Waals surface area (Å²) in [5, 5.41) is 3.65. The SMILES string of the molecule is Cc1cc(C(=O)Nc2nc3c(s2)C2CCC3C2)c(C)o1. The van der Waals surface area contributed by atoms with Gasteiger partial charge in [0.25, 0.3) is 5.91 Å². The van der Waals surface area contributed by atoms with Gasteiger partial charge in [0.1, 0.15) is 11.5 Å². The molecule has 4 rings (SSSR count). The quantitative estimate of drug-likeness (QED) is 0.909. The summed E-state index contributed by atoms with van der Waals surface area (Å²) < 4.78 is 5.40. The van der Waals surface area contributed by atoms with Gasteiger partial charge in [0.15, 0.2) is 5.13 Å². The number of hydrogen-bond acceptors (Lipinski definition) is 4. The van der Waals surface area contributed by atoms with Crippen molar-refractivity contribution in [2.75, 3.05) is 5.32 Å². The second-order valence-corrected chi connectivity index (χ2v) is 6.79. The van der Waals surface area contributed by atoms with E-state index in [2.05, 4.69) is 10.3 Å². The van der Waals surface area contributed by atoms with Crippen molar-refractivity contribution >= 4 is 22.4 Å². The summed E-state index contributed by atoms with van der Waals surface area (Å²) in [6.07, 6.45) is 3.81. The van der Waals surface area contributed by atoms with Gasteiger partial charge in [-0.1, -0.05) is 0 Å². The first-order valence-corrected chi connectivity index (χ1v) is 7.82. The Morgan fingerprint density at radius 1 is 1.40 bits per heavy atom. The Morgan fingerprint density at radius 2 is 2.20 bits per heavy atom. The van der Waals surface area contributed by atoms with Crippen LogP contribution in [0.15, 0.2) is 10.5 Å². The van der Waals surface area contributed by atoms with E-state index in [-0.39, 0.29) is 5.91 Å². The number of carbonyl (C=O) groups excluding carboxylic acids is 1. The van der Waals surface area contributed by atoms with E-state index in [0.717, 1.165) is 10.9 Å². The fraction of sp³-hybridized carbons (Fsp3) is 0.467. The van der Waals surface area contributed by atoms with Crippen molar-refractivity contribution < 1.29 is 9.21 Å². The molecule has 2 bridgehead atoms. The first-order chi connectivity index (χ1) is 9.61. The highest BCUT2D eigenvalue weighted by molar-refractivity contribution is 7.16. The summed E-state index contributed by atoms with van der Waals surface area (Å²) in [6.45, 7) is 3.66. The second-order valence-electron chi connectivity index (χ2n) is 5.76. The molecule has 1 fully saturated rings. The molecule has 2 unspecified atom stereocenters. The standard InChI is InChI=1S/C15H16N2O2S/c1-7-5-11(8(2)19-7)14(18)17-15-16-12-9-3-4-10(6-9)13(12)20-15/h5,9-10H,3-4,6H2,1-2H3,(H,16,17,18). The fourth-order valence-corrected chi connectivity index (χ4v) is 4.66. The molecule has 2 heterocycles. The Balaban J connectivity index is 1.58. The molecule has 2 aliphatic carbocycles. The lowest BCUT2D eigenvalue weighted by Crippen LogP contribution is -2.12. The van der Waals surface area contributed by atoms with Gasteiger partial charge in [0.05, 0.1) is 11.3 Å². The molecule has 2 aromatic heterocycles. The smallest absolute Gasteiger partial charge is 0.260 e. The van der Waals surface area contributed by atoms with E-state index < -0.39 is 0 Å². The molecule has 0 aliphatic heterocycles. The lowest BCUT2D eigenvalue weighted by atomic mass is 10.0. The molecule has 1 saturated carbocycles. The number of anilines is 1. The molecule has 1 amide bonds. The largest absolute Gasteiger partial charge is 0.466 e. The van der Waals surface area contributed by atoms with Crippen LogP contribution in [0.2, 0.25) is 0 Å². The van der Waals surface area contributed by atoms with Crippen LogP contribution in [0, 0.1) is 13.8 Å². The molecular formula is C15H16N2O2S. The van der Waals surface area contributed by atoms with Gasteiger partial charge < -0.3 is 4.42 Å². The molecule has 20 heavy (non-hydrogen) atoms. The maximum atomic E-state index is 12.2. The van der Waals surface area contributed by atoms with Crippen molar-refractivity contribution in [2.45, 2.75) is 44.9 Å². The Morgan fingerprint density at radius 3 is 2.90 bits per heavy atom. The van der Waals surface area contributed by atoms with E-state index in [1.807, 2.05) is 13.8 Å². The van der Waals surface area contributed by atoms with Crippen molar-refractivity contribution in [1.82, 2.24) is 4.98 Å². The van der Waals surface area contributed by atoms with Gasteiger partial charge in [-0.05, 0) is 45.1 Å². The Labute approximate surface area is 121 Å². The van der Waals surface area contributed by atoms with Gasteiger partial charge >= 0.3 is 0 Å². The van der Waals surface area contributed by atoms with Crippen LogP contribution in [0.5, 0.6) is 0 Å². The van der Waals surface area contributed by atoms with E-state index in [9.17, 15) is 4.79 Å². The van der Waals surface area contributed by atoms with Gasteiger partial charge in [0, 0.05) is 10.8 Å². The lowest BCUT2D eigenvalue weighted by Gasteiger charge is -2.06. The van der Waals surface area contributed by atoms with Crippen LogP contribution in [-0.4, -0.2) is 10.9 Å². The number of hydrogen-bond donors (Lipinski definition) is 1. The van der Waals surface area contributed by atoms with Crippen LogP contribution >= 0.6 is 11.3 Å². The molecule has 2 aromatic rings. The normalized spacial score (nSPS) is 23.1. The molecule has 0 aromatic carbocycles. The summed E-state index contributed by atoms with van der Waals surface area (Å²) in [5.74, 6) is 2.61. The van der Waals surface area contributed by atoms with Crippen LogP contribution in [0.4, 0.5) is 5.13 Å². The number of aryl methyl sites for hydroxylation is 2. The maximum absolute atomic E-state index is 12.2. The minimum absolute atomic E-state index is 0.126. The van der Waals surface area contributed by atoms with Gasteiger partial charge in [-0.15, -0.1) is 11.3 Å². The lowest BCUT2D eigenvalue weighted by molar-refractivity contribution is 0.102. The number of carbonyl (C=O) groups is 1. The van der Waals surface area contributed by atoms with Crippen molar-refractivity contribution in [1.29, 1.82) is 0 Å². The molecule has 2 aliphatic rings. The zero-order valence-corrected chi connectivity index (χ0v) is 12.3. The Bertz CT molecular complexity index is 673. The van der Waals surface area contributed by atoms with Gasteiger partial charge in [-0.2, -0.15) is 0 Å². The summed E-state index contributed by atoms with van der Waals surface area (Å²) >= 11 is 1.65. The number of nitrogens with zero attached hydrogens (tertiary/aromatic N) is 1. The number of nitrogens with one attached hydrogen (secondary N) is 1. The van der Waals surface area contributed by atoms with Crippen molar-refractivity contribution in [3.8, 4) is 0 Å². The van der Waals surface area contributed by atoms with Crippen LogP contribution in [0.3, 0.4) is 0 Å². The number of furan rings is 1. The molecule has 2 atom stereocenters. The highest BCUT2D eigenvalue weighted by Crippen LogP contribution is 2.55. The van der Waals surface area contributed by atoms with Crippen molar-refractivity contribution in [3.05, 3.63) is 33.7 Å². The number of rotatable bonds is 2. The van der Waals surface area contributed by atoms with E-state index in [1.54, 1.807) is 17.4 Å². The Hall–Kier alpha value is -1.62. The first kappa shape index (κ1) is 12.1. The van der Waals surface area contributed by atoms with Crippen LogP contribution < -0.4 is 5.32 Å². The molecule has 5 heteroatoms. The van der Waals surface area contributed by atoms with E-state index >= 15 is 0 Å². The second kappa shape index (κ2) is 4.19. The number of aromatic nitrogens is 1. The highest BCUT2D eigenvalue weighted by Gasteiger charge is 2.40. The topological polar surface area (TPSA) is 55.1 Å². The third-order valence-corrected chi connectivity index (χ3v) is 5.53. The zero-order chi connectivity index (χ0) is 13.9. The molecule has 1 N–H and O–H groups in total. The zero-order valence-electron chi connectivity index (χ0n) is 11.5. The minimum Gasteiger partial charge on any atom is -0.466 e. The van der Waals surface area contributed by atoms with Crippen LogP contribution in [0.25, 0.3) is 0 Å². The van der Waals surface area contributed by atoms with Crippen LogP contribution in [0.1, 0.15) is 63.5 Å². The summed E-state index contributed by atoms with van der Waals surface area (Å²) in [4.78, 5) is 18.3. The van der Waals surface area contributed by atoms with E-state index in [4.69, 9.17) is 4.42 Å². The molecule has 0 radical (unpaired) electrons. The monoisotopic (exact) mass is 288 g/mol. The molecule has 104 valence electrons. The fourth-order valence-electron chi connectivity index (χ4n) is 3.47. The van der Waals surface area contributed by atoms with Gasteiger partial charge in [0.2, 0.25) is 0 Å². The van der Waals surface area contributed by atoms with Crippen LogP contribution in [-0.2, 0) is 0 Å². The highest BCUT2D eigenvalue weighted by atomic mass is 32.1. The average molecular weight is 288 g/mol. The van der Waals surface area contributed by atoms with Gasteiger partial charge in [-0.3, -0.25) is 10.1 Å². The Kier molecular flexibility index (Phi) is 2.54. The molecule has 4 nitrogen and oxygen atoms in total. The van der Waals surface area contributed by atoms with Gasteiger partial charge in [-0.25, -0.2) is 4.98 Å². The van der Waals surface area contributed by atoms with Crippen molar-refractivity contribution in [2.24, 2.45) is 0 Å². The number of fused-ring (bicyclic) bond motifs is 5. The molecule has 0 saturated heterocycles. The summed E-state index contributed by atoms with van der Waals surface area (Å²) in [7, 11) is 0. The average Bonchev–Trinajstić information content (AvgIpc) is 3.09. The maximum Gasteiger partial charge on any atom is 0.260 e.